The molecule has 0 radical (unpaired) electrons. The van der Waals surface area contributed by atoms with E-state index >= 15 is 0 Å². The molecule has 0 aromatic carbocycles. The van der Waals surface area contributed by atoms with Gasteiger partial charge in [0.15, 0.2) is 0 Å². The fourth-order valence-electron chi connectivity index (χ4n) is 1.23. The first-order valence-corrected chi connectivity index (χ1v) is 3.93. The first kappa shape index (κ1) is 20.1. The van der Waals surface area contributed by atoms with Crippen LogP contribution in [0.5, 0.6) is 0 Å². The molecule has 20 heavy (non-hydrogen) atoms. The quantitative estimate of drug-likeness (QED) is 0.392. The second-order valence-electron chi connectivity index (χ2n) is 3.44. The zero-order valence-corrected chi connectivity index (χ0v) is 10.9. The molecule has 0 N–H and O–H groups in total. The first-order valence-electron chi connectivity index (χ1n) is 3.93. The average molecular weight is 340 g/mol. The smallest absolute Gasteiger partial charge is 1.00 e. The summed E-state index contributed by atoms with van der Waals surface area (Å²) in [5.41, 5.74) is -7.17. The molecule has 14 heteroatoms. The summed E-state index contributed by atoms with van der Waals surface area (Å²) in [5, 5.41) is 0. The summed E-state index contributed by atoms with van der Waals surface area (Å²) in [5.74, 6) is -12.3. The van der Waals surface area contributed by atoms with Crippen LogP contribution in [0.25, 0.3) is 0 Å². The number of hydrogen-bond acceptors (Lipinski definition) is 1. The molecule has 0 aromatic heterocycles. The molecular weight excluding hydrogens is 339 g/mol. The van der Waals surface area contributed by atoms with E-state index in [1.165, 1.54) is 0 Å². The molecule has 2 unspecified atom stereocenters. The molecule has 1 rings (SSSR count). The predicted molar refractivity (Wildman–Crippen MR) is 31.9 cm³/mol. The van der Waals surface area contributed by atoms with Gasteiger partial charge in [-0.15, -0.1) is 0 Å². The van der Waals surface area contributed by atoms with E-state index in [9.17, 15) is 52.7 Å². The third-order valence-corrected chi connectivity index (χ3v) is 2.24. The maximum absolute atomic E-state index is 13.0. The largest absolute Gasteiger partial charge is 1.00 e. The van der Waals surface area contributed by atoms with Gasteiger partial charge in [-0.1, -0.05) is 0 Å². The summed E-state index contributed by atoms with van der Waals surface area (Å²) >= 11 is 0. The van der Waals surface area contributed by atoms with Crippen LogP contribution in [-0.2, 0) is 4.74 Å². The Morgan fingerprint density at radius 1 is 0.650 bits per heavy atom. The Kier molecular flexibility index (Phi) is 4.58. The van der Waals surface area contributed by atoms with Gasteiger partial charge in [-0.2, -0.15) is 43.9 Å². The van der Waals surface area contributed by atoms with E-state index < -0.39 is 35.9 Å². The van der Waals surface area contributed by atoms with E-state index in [0.29, 0.717) is 0 Å². The zero-order chi connectivity index (χ0) is 15.7. The van der Waals surface area contributed by atoms with Gasteiger partial charge in [0.25, 0.3) is 0 Å². The van der Waals surface area contributed by atoms with E-state index in [1.807, 2.05) is 0 Å². The van der Waals surface area contributed by atoms with Crippen LogP contribution < -0.4 is 29.6 Å². The van der Waals surface area contributed by atoms with Gasteiger partial charge in [-0.05, 0) is 0 Å². The Labute approximate surface area is 125 Å². The first-order chi connectivity index (χ1) is 7.96. The van der Waals surface area contributed by atoms with Gasteiger partial charge in [0, 0.05) is 0 Å². The minimum absolute atomic E-state index is 0. The molecule has 0 amide bonds. The maximum Gasteiger partial charge on any atom is 1.00 e. The third kappa shape index (κ3) is 2.20. The minimum Gasteiger partial charge on any atom is -1.00 e. The molecule has 1 nitrogen and oxygen atoms in total. The van der Waals surface area contributed by atoms with Gasteiger partial charge in [0.1, 0.15) is 0 Å². The van der Waals surface area contributed by atoms with Crippen LogP contribution in [0.1, 0.15) is 1.43 Å². The molecule has 0 bridgehead atoms. The minimum atomic E-state index is -7.22. The van der Waals surface area contributed by atoms with Gasteiger partial charge in [-0.25, -0.2) is 8.78 Å². The Morgan fingerprint density at radius 2 is 0.950 bits per heavy atom. The number of alkyl halides is 12. The van der Waals surface area contributed by atoms with Gasteiger partial charge in [0.05, 0.1) is 0 Å². The topological polar surface area (TPSA) is 12.5 Å². The second kappa shape index (κ2) is 4.56. The second-order valence-corrected chi connectivity index (χ2v) is 3.44. The Morgan fingerprint density at radius 3 is 1.10 bits per heavy atom. The van der Waals surface area contributed by atoms with E-state index in [2.05, 4.69) is 4.74 Å². The molecule has 0 aliphatic carbocycles. The van der Waals surface area contributed by atoms with E-state index in [4.69, 9.17) is 0 Å². The number of ether oxygens (including phenoxy) is 1. The van der Waals surface area contributed by atoms with E-state index in [1.54, 1.807) is 0 Å². The SMILES string of the molecule is FC(F)(F)C1(F)OC1(F)C(F)(C(F)(F)F)C(F)(F)F.[H-].[Na+]. The standard InChI is InChI=1S/C6F12O.Na.H/c7-1(4(10,11)12,5(13,14)15)2(8)3(9,19-2)6(16,17)18;;/q;+1;-1. The van der Waals surface area contributed by atoms with Crippen LogP contribution in [0.4, 0.5) is 52.7 Å². The predicted octanol–water partition coefficient (Wildman–Crippen LogP) is 0.860. The van der Waals surface area contributed by atoms with Gasteiger partial charge >= 0.3 is 65.5 Å². The summed E-state index contributed by atoms with van der Waals surface area (Å²) in [4.78, 5) is 0. The van der Waals surface area contributed by atoms with Crippen LogP contribution in [0.3, 0.4) is 0 Å². The fraction of sp³-hybridized carbons (Fsp3) is 1.00. The molecular formula is C6HF12NaO. The summed E-state index contributed by atoms with van der Waals surface area (Å²) < 4.78 is 148. The third-order valence-electron chi connectivity index (χ3n) is 2.24. The van der Waals surface area contributed by atoms with Gasteiger partial charge < -0.3 is 1.43 Å². The van der Waals surface area contributed by atoms with Crippen molar-refractivity contribution >= 4 is 0 Å². The molecule has 1 fully saturated rings. The van der Waals surface area contributed by atoms with E-state index in [0.717, 1.165) is 0 Å². The monoisotopic (exact) mass is 340 g/mol. The Balaban J connectivity index is 0. The number of epoxide rings is 1. The fourth-order valence-corrected chi connectivity index (χ4v) is 1.23. The van der Waals surface area contributed by atoms with Crippen molar-refractivity contribution in [3.8, 4) is 0 Å². The van der Waals surface area contributed by atoms with Crippen LogP contribution in [0.2, 0.25) is 0 Å². The van der Waals surface area contributed by atoms with Crippen molar-refractivity contribution in [2.75, 3.05) is 0 Å². The maximum atomic E-state index is 13.0. The van der Waals surface area contributed by atoms with Crippen molar-refractivity contribution in [1.82, 2.24) is 0 Å². The molecule has 116 valence electrons. The molecule has 0 spiro atoms. The van der Waals surface area contributed by atoms with Crippen molar-refractivity contribution in [2.45, 2.75) is 35.9 Å². The zero-order valence-electron chi connectivity index (χ0n) is 9.94. The molecule has 1 aliphatic rings. The molecule has 1 saturated heterocycles. The van der Waals surface area contributed by atoms with Crippen LogP contribution >= 0.6 is 0 Å². The van der Waals surface area contributed by atoms with Crippen molar-refractivity contribution in [2.24, 2.45) is 0 Å². The number of hydrogen-bond donors (Lipinski definition) is 0. The molecule has 0 aromatic rings. The summed E-state index contributed by atoms with van der Waals surface area (Å²) in [6.45, 7) is 0. The summed E-state index contributed by atoms with van der Waals surface area (Å²) in [6, 6.07) is 0. The van der Waals surface area contributed by atoms with Crippen molar-refractivity contribution < 1.29 is 88.4 Å². The van der Waals surface area contributed by atoms with Crippen LogP contribution in [0, 0.1) is 0 Å². The number of rotatable bonds is 1. The molecule has 2 atom stereocenters. The molecule has 1 aliphatic heterocycles. The average Bonchev–Trinajstić information content (AvgIpc) is 2.66. The van der Waals surface area contributed by atoms with E-state index in [-0.39, 0.29) is 31.0 Å². The summed E-state index contributed by atoms with van der Waals surface area (Å²) in [6.07, 6.45) is -21.1. The van der Waals surface area contributed by atoms with Crippen LogP contribution in [0.15, 0.2) is 0 Å². The Bertz CT molecular complexity index is 375. The molecule has 1 heterocycles. The van der Waals surface area contributed by atoms with Gasteiger partial charge in [-0.3, -0.25) is 4.74 Å². The summed E-state index contributed by atoms with van der Waals surface area (Å²) in [7, 11) is 0. The molecule has 0 saturated carbocycles. The van der Waals surface area contributed by atoms with Crippen LogP contribution in [-0.4, -0.2) is 35.9 Å². The van der Waals surface area contributed by atoms with Gasteiger partial charge in [0.2, 0.25) is 0 Å². The normalized spacial score (nSPS) is 31.8. The van der Waals surface area contributed by atoms with Crippen molar-refractivity contribution in [1.29, 1.82) is 0 Å². The Hall–Kier alpha value is 0.120. The van der Waals surface area contributed by atoms with Crippen molar-refractivity contribution in [3.63, 3.8) is 0 Å². The van der Waals surface area contributed by atoms with Crippen molar-refractivity contribution in [3.05, 3.63) is 0 Å². The number of halogens is 12.